The van der Waals surface area contributed by atoms with Gasteiger partial charge in [0.05, 0.1) is 19.1 Å². The van der Waals surface area contributed by atoms with Crippen LogP contribution in [0.2, 0.25) is 0 Å². The van der Waals surface area contributed by atoms with Crippen molar-refractivity contribution >= 4 is 35.9 Å². The molecule has 0 saturated carbocycles. The van der Waals surface area contributed by atoms with Gasteiger partial charge in [-0.2, -0.15) is 13.2 Å². The molecule has 0 amide bonds. The van der Waals surface area contributed by atoms with E-state index in [-0.39, 0.29) is 42.3 Å². The van der Waals surface area contributed by atoms with Crippen LogP contribution in [0.1, 0.15) is 36.8 Å². The first-order valence-corrected chi connectivity index (χ1v) is 7.96. The molecule has 1 unspecified atom stereocenters. The normalized spacial score (nSPS) is 12.8. The highest BCUT2D eigenvalue weighted by Gasteiger charge is 2.30. The van der Waals surface area contributed by atoms with E-state index in [1.54, 1.807) is 13.1 Å². The van der Waals surface area contributed by atoms with E-state index in [1.165, 1.54) is 19.2 Å². The molecule has 1 aromatic carbocycles. The zero-order chi connectivity index (χ0) is 18.9. The lowest BCUT2D eigenvalue weighted by Crippen LogP contribution is -2.39. The lowest BCUT2D eigenvalue weighted by molar-refractivity contribution is -0.140. The smallest absolute Gasteiger partial charge is 0.416 e. The molecular weight excluding hydrogens is 462 g/mol. The molecule has 0 aliphatic rings. The number of nitrogens with one attached hydrogen (secondary N) is 2. The summed E-state index contributed by atoms with van der Waals surface area (Å²) in [6, 6.07) is 5.38. The number of aliphatic imine (C=N–C) groups is 1. The van der Waals surface area contributed by atoms with Crippen LogP contribution in [0, 0.1) is 0 Å². The van der Waals surface area contributed by atoms with Crippen LogP contribution in [0.5, 0.6) is 0 Å². The Labute approximate surface area is 168 Å². The Morgan fingerprint density at radius 3 is 2.50 bits per heavy atom. The van der Waals surface area contributed by atoms with Gasteiger partial charge in [-0.05, 0) is 24.0 Å². The highest BCUT2D eigenvalue weighted by molar-refractivity contribution is 14.0. The van der Waals surface area contributed by atoms with Crippen LogP contribution in [0.15, 0.2) is 29.3 Å². The van der Waals surface area contributed by atoms with E-state index < -0.39 is 11.7 Å². The highest BCUT2D eigenvalue weighted by Crippen LogP contribution is 2.31. The number of ether oxygens (including phenoxy) is 1. The van der Waals surface area contributed by atoms with Gasteiger partial charge in [0.25, 0.3) is 0 Å². The fraction of sp³-hybridized carbons (Fsp3) is 0.529. The molecule has 0 saturated heterocycles. The van der Waals surface area contributed by atoms with Gasteiger partial charge >= 0.3 is 12.1 Å². The number of guanidine groups is 1. The van der Waals surface area contributed by atoms with Crippen LogP contribution in [0.25, 0.3) is 0 Å². The lowest BCUT2D eigenvalue weighted by atomic mass is 9.96. The Morgan fingerprint density at radius 2 is 1.92 bits per heavy atom. The van der Waals surface area contributed by atoms with E-state index in [0.29, 0.717) is 31.0 Å². The van der Waals surface area contributed by atoms with Crippen LogP contribution in [-0.4, -0.2) is 39.2 Å². The predicted molar refractivity (Wildman–Crippen MR) is 106 cm³/mol. The first kappa shape index (κ1) is 24.5. The summed E-state index contributed by atoms with van der Waals surface area (Å²) in [5.74, 6) is 0.171. The van der Waals surface area contributed by atoms with E-state index in [0.717, 1.165) is 6.07 Å². The largest absolute Gasteiger partial charge is 0.469 e. The number of carbonyl (C=O) groups excluding carboxylic acids is 1. The van der Waals surface area contributed by atoms with E-state index in [2.05, 4.69) is 20.4 Å². The second-order valence-electron chi connectivity index (χ2n) is 5.56. The van der Waals surface area contributed by atoms with Crippen LogP contribution in [0.3, 0.4) is 0 Å². The third-order valence-electron chi connectivity index (χ3n) is 3.73. The number of carbonyl (C=O) groups is 1. The molecule has 2 N–H and O–H groups in total. The van der Waals surface area contributed by atoms with Crippen molar-refractivity contribution in [2.24, 2.45) is 4.99 Å². The molecule has 0 radical (unpaired) electrons. The summed E-state index contributed by atoms with van der Waals surface area (Å²) in [5.41, 5.74) is 0.00959. The Morgan fingerprint density at radius 1 is 1.27 bits per heavy atom. The van der Waals surface area contributed by atoms with Gasteiger partial charge < -0.3 is 15.4 Å². The molecule has 148 valence electrons. The van der Waals surface area contributed by atoms with Gasteiger partial charge in [-0.25, -0.2) is 0 Å². The fourth-order valence-electron chi connectivity index (χ4n) is 2.20. The summed E-state index contributed by atoms with van der Waals surface area (Å²) in [6.07, 6.45) is -3.48. The number of nitrogens with zero attached hydrogens (tertiary/aromatic N) is 1. The van der Waals surface area contributed by atoms with E-state index >= 15 is 0 Å². The van der Waals surface area contributed by atoms with Gasteiger partial charge in [-0.1, -0.05) is 25.1 Å². The number of alkyl halides is 3. The Balaban J connectivity index is 0.00000625. The molecule has 9 heteroatoms. The van der Waals surface area contributed by atoms with Crippen molar-refractivity contribution in [2.75, 3.05) is 27.2 Å². The Hall–Kier alpha value is -1.52. The quantitative estimate of drug-likeness (QED) is 0.268. The van der Waals surface area contributed by atoms with Crippen molar-refractivity contribution in [1.29, 1.82) is 0 Å². The molecule has 1 aromatic rings. The SMILES string of the molecule is CN=C(NCCC(=O)OC)NCCC(C)c1cccc(C(F)(F)F)c1.I. The van der Waals surface area contributed by atoms with Crippen molar-refractivity contribution in [3.63, 3.8) is 0 Å². The number of hydrogen-bond acceptors (Lipinski definition) is 3. The number of benzene rings is 1. The summed E-state index contributed by atoms with van der Waals surface area (Å²) >= 11 is 0. The summed E-state index contributed by atoms with van der Waals surface area (Å²) in [6.45, 7) is 2.80. The van der Waals surface area contributed by atoms with E-state index in [1.807, 2.05) is 6.92 Å². The predicted octanol–water partition coefficient (Wildman–Crippen LogP) is 3.55. The third kappa shape index (κ3) is 8.72. The number of hydrogen-bond donors (Lipinski definition) is 2. The minimum atomic E-state index is -4.33. The summed E-state index contributed by atoms with van der Waals surface area (Å²) in [7, 11) is 2.92. The molecule has 0 aliphatic heterocycles. The molecule has 0 heterocycles. The number of halogens is 4. The van der Waals surface area contributed by atoms with Gasteiger partial charge in [0.15, 0.2) is 5.96 Å². The average Bonchev–Trinajstić information content (AvgIpc) is 2.59. The topological polar surface area (TPSA) is 62.7 Å². The first-order valence-electron chi connectivity index (χ1n) is 7.96. The van der Waals surface area contributed by atoms with E-state index in [4.69, 9.17) is 0 Å². The van der Waals surface area contributed by atoms with Crippen molar-refractivity contribution in [1.82, 2.24) is 10.6 Å². The first-order chi connectivity index (χ1) is 11.8. The fourth-order valence-corrected chi connectivity index (χ4v) is 2.20. The van der Waals surface area contributed by atoms with Crippen molar-refractivity contribution in [3.05, 3.63) is 35.4 Å². The molecule has 1 rings (SSSR count). The van der Waals surface area contributed by atoms with Gasteiger partial charge in [0, 0.05) is 20.1 Å². The number of esters is 1. The third-order valence-corrected chi connectivity index (χ3v) is 3.73. The molecule has 5 nitrogen and oxygen atoms in total. The molecule has 0 fully saturated rings. The maximum atomic E-state index is 12.8. The highest BCUT2D eigenvalue weighted by atomic mass is 127. The average molecular weight is 487 g/mol. The van der Waals surface area contributed by atoms with Crippen LogP contribution < -0.4 is 10.6 Å². The summed E-state index contributed by atoms with van der Waals surface area (Å²) in [5, 5.41) is 6.04. The van der Waals surface area contributed by atoms with Gasteiger partial charge in [-0.3, -0.25) is 9.79 Å². The monoisotopic (exact) mass is 487 g/mol. The number of methoxy groups -OCH3 is 1. The molecular formula is C17H25F3IN3O2. The molecule has 0 aliphatic carbocycles. The molecule has 0 spiro atoms. The van der Waals surface area contributed by atoms with Gasteiger partial charge in [-0.15, -0.1) is 24.0 Å². The zero-order valence-electron chi connectivity index (χ0n) is 15.0. The van der Waals surface area contributed by atoms with E-state index in [9.17, 15) is 18.0 Å². The zero-order valence-corrected chi connectivity index (χ0v) is 17.4. The van der Waals surface area contributed by atoms with Gasteiger partial charge in [0.2, 0.25) is 0 Å². The number of rotatable bonds is 7. The standard InChI is InChI=1S/C17H24F3N3O2.HI/c1-12(13-5-4-6-14(11-13)17(18,19)20)7-9-22-16(21-2)23-10-8-15(24)25-3;/h4-6,11-12H,7-10H2,1-3H3,(H2,21,22,23);1H. The van der Waals surface area contributed by atoms with Crippen LogP contribution >= 0.6 is 24.0 Å². The Bertz CT molecular complexity index is 595. The van der Waals surface area contributed by atoms with Crippen molar-refractivity contribution in [3.8, 4) is 0 Å². The summed E-state index contributed by atoms with van der Waals surface area (Å²) < 4.78 is 42.8. The maximum absolute atomic E-state index is 12.8. The van der Waals surface area contributed by atoms with Crippen molar-refractivity contribution in [2.45, 2.75) is 31.9 Å². The van der Waals surface area contributed by atoms with Gasteiger partial charge in [0.1, 0.15) is 0 Å². The summed E-state index contributed by atoms with van der Waals surface area (Å²) in [4.78, 5) is 15.1. The second-order valence-corrected chi connectivity index (χ2v) is 5.56. The van der Waals surface area contributed by atoms with Crippen LogP contribution in [-0.2, 0) is 15.7 Å². The van der Waals surface area contributed by atoms with Crippen LogP contribution in [0.4, 0.5) is 13.2 Å². The van der Waals surface area contributed by atoms with Crippen molar-refractivity contribution < 1.29 is 22.7 Å². The molecule has 0 aromatic heterocycles. The lowest BCUT2D eigenvalue weighted by Gasteiger charge is -2.16. The minimum absolute atomic E-state index is 0. The molecule has 26 heavy (non-hydrogen) atoms. The maximum Gasteiger partial charge on any atom is 0.416 e. The molecule has 0 bridgehead atoms. The Kier molecular flexibility index (Phi) is 11.3. The second kappa shape index (κ2) is 12.0. The minimum Gasteiger partial charge on any atom is -0.469 e. The molecule has 1 atom stereocenters.